The first kappa shape index (κ1) is 12.2. The van der Waals surface area contributed by atoms with Crippen LogP contribution in [0.15, 0.2) is 24.3 Å². The molecule has 0 saturated carbocycles. The summed E-state index contributed by atoms with van der Waals surface area (Å²) in [4.78, 5) is 11.9. The quantitative estimate of drug-likeness (QED) is 0.898. The van der Waals surface area contributed by atoms with Gasteiger partial charge >= 0.3 is 5.97 Å². The molecule has 2 heterocycles. The number of aliphatic hydroxyl groups is 1. The maximum atomic E-state index is 11.0. The van der Waals surface area contributed by atoms with Crippen LogP contribution in [0.2, 0.25) is 4.34 Å². The molecule has 90 valence electrons. The van der Waals surface area contributed by atoms with Gasteiger partial charge in [-0.25, -0.2) is 4.79 Å². The molecule has 0 aromatic carbocycles. The number of aromatic nitrogens is 1. The largest absolute Gasteiger partial charge is 0.477 e. The summed E-state index contributed by atoms with van der Waals surface area (Å²) < 4.78 is 2.22. The van der Waals surface area contributed by atoms with E-state index >= 15 is 0 Å². The number of carboxylic acids is 1. The van der Waals surface area contributed by atoms with Crippen molar-refractivity contribution >= 4 is 28.9 Å². The molecule has 6 heteroatoms. The van der Waals surface area contributed by atoms with Crippen LogP contribution in [0.25, 0.3) is 10.6 Å². The maximum Gasteiger partial charge on any atom is 0.352 e. The lowest BCUT2D eigenvalue weighted by molar-refractivity contribution is 0.0684. The van der Waals surface area contributed by atoms with Crippen molar-refractivity contribution in [3.63, 3.8) is 0 Å². The van der Waals surface area contributed by atoms with E-state index in [0.29, 0.717) is 4.34 Å². The van der Waals surface area contributed by atoms with Gasteiger partial charge in [0.25, 0.3) is 0 Å². The SMILES string of the molecule is O=C(O)c1ccc(-c2ccc(Cl)s2)n1CCO. The number of hydrogen-bond acceptors (Lipinski definition) is 3. The highest BCUT2D eigenvalue weighted by Crippen LogP contribution is 2.32. The molecule has 0 aliphatic carbocycles. The zero-order valence-corrected chi connectivity index (χ0v) is 10.3. The number of nitrogens with zero attached hydrogens (tertiary/aromatic N) is 1. The summed E-state index contributed by atoms with van der Waals surface area (Å²) in [5.74, 6) is -1.01. The van der Waals surface area contributed by atoms with Crippen molar-refractivity contribution in [3.8, 4) is 10.6 Å². The minimum Gasteiger partial charge on any atom is -0.477 e. The van der Waals surface area contributed by atoms with E-state index in [4.69, 9.17) is 21.8 Å². The van der Waals surface area contributed by atoms with Gasteiger partial charge in [-0.2, -0.15) is 0 Å². The van der Waals surface area contributed by atoms with E-state index in [1.807, 2.05) is 6.07 Å². The van der Waals surface area contributed by atoms with E-state index < -0.39 is 5.97 Å². The Morgan fingerprint density at radius 1 is 1.35 bits per heavy atom. The summed E-state index contributed by atoms with van der Waals surface area (Å²) >= 11 is 7.23. The van der Waals surface area contributed by atoms with Gasteiger partial charge in [-0.1, -0.05) is 11.6 Å². The Kier molecular flexibility index (Phi) is 3.51. The lowest BCUT2D eigenvalue weighted by Gasteiger charge is -2.08. The smallest absolute Gasteiger partial charge is 0.352 e. The second-order valence-corrected chi connectivity index (χ2v) is 5.10. The minimum absolute atomic E-state index is 0.110. The zero-order chi connectivity index (χ0) is 12.4. The van der Waals surface area contributed by atoms with Gasteiger partial charge in [0.15, 0.2) is 0 Å². The second kappa shape index (κ2) is 4.91. The van der Waals surface area contributed by atoms with E-state index in [-0.39, 0.29) is 18.8 Å². The Morgan fingerprint density at radius 2 is 2.12 bits per heavy atom. The Labute approximate surface area is 107 Å². The van der Waals surface area contributed by atoms with Gasteiger partial charge in [0.2, 0.25) is 0 Å². The molecule has 0 bridgehead atoms. The van der Waals surface area contributed by atoms with Crippen LogP contribution < -0.4 is 0 Å². The molecule has 17 heavy (non-hydrogen) atoms. The van der Waals surface area contributed by atoms with Gasteiger partial charge in [0, 0.05) is 6.54 Å². The van der Waals surface area contributed by atoms with E-state index in [9.17, 15) is 4.79 Å². The molecule has 0 radical (unpaired) electrons. The molecule has 0 atom stereocenters. The summed E-state index contributed by atoms with van der Waals surface area (Å²) in [7, 11) is 0. The third-order valence-electron chi connectivity index (χ3n) is 2.35. The van der Waals surface area contributed by atoms with Crippen molar-refractivity contribution in [1.29, 1.82) is 0 Å². The van der Waals surface area contributed by atoms with Crippen LogP contribution in [-0.2, 0) is 6.54 Å². The predicted molar refractivity (Wildman–Crippen MR) is 66.8 cm³/mol. The molecule has 2 aromatic rings. The number of halogens is 1. The van der Waals surface area contributed by atoms with Gasteiger partial charge in [-0.15, -0.1) is 11.3 Å². The standard InChI is InChI=1S/C11H10ClNO3S/c12-10-4-3-9(17-10)7-1-2-8(11(15)16)13(7)5-6-14/h1-4,14H,5-6H2,(H,15,16). The molecule has 2 aromatic heterocycles. The molecular formula is C11H10ClNO3S. The number of thiophene rings is 1. The van der Waals surface area contributed by atoms with Crippen LogP contribution in [0, 0.1) is 0 Å². The van der Waals surface area contributed by atoms with Gasteiger partial charge in [0.05, 0.1) is 21.5 Å². The Bertz CT molecular complexity index is 547. The summed E-state index contributed by atoms with van der Waals surface area (Å²) in [5, 5.41) is 18.0. The van der Waals surface area contributed by atoms with Crippen LogP contribution >= 0.6 is 22.9 Å². The summed E-state index contributed by atoms with van der Waals surface area (Å²) in [6.45, 7) is 0.139. The van der Waals surface area contributed by atoms with Crippen molar-refractivity contribution in [2.75, 3.05) is 6.61 Å². The normalized spacial score (nSPS) is 10.7. The van der Waals surface area contributed by atoms with E-state index in [0.717, 1.165) is 10.6 Å². The topological polar surface area (TPSA) is 62.5 Å². The number of aromatic carboxylic acids is 1. The first-order chi connectivity index (χ1) is 8.13. The van der Waals surface area contributed by atoms with Gasteiger partial charge in [-0.05, 0) is 24.3 Å². The monoisotopic (exact) mass is 271 g/mol. The Balaban J connectivity index is 2.50. The number of rotatable bonds is 4. The molecule has 0 saturated heterocycles. The lowest BCUT2D eigenvalue weighted by atomic mass is 10.3. The van der Waals surface area contributed by atoms with E-state index in [1.165, 1.54) is 17.4 Å². The molecule has 0 spiro atoms. The van der Waals surface area contributed by atoms with E-state index in [2.05, 4.69) is 0 Å². The van der Waals surface area contributed by atoms with Crippen molar-refractivity contribution in [3.05, 3.63) is 34.3 Å². The first-order valence-corrected chi connectivity index (χ1v) is 6.12. The first-order valence-electron chi connectivity index (χ1n) is 4.93. The van der Waals surface area contributed by atoms with Gasteiger partial charge in [0.1, 0.15) is 5.69 Å². The number of aliphatic hydroxyl groups excluding tert-OH is 1. The fourth-order valence-electron chi connectivity index (χ4n) is 1.66. The van der Waals surface area contributed by atoms with Crippen LogP contribution in [0.4, 0.5) is 0 Å². The fraction of sp³-hybridized carbons (Fsp3) is 0.182. The average molecular weight is 272 g/mol. The molecule has 0 fully saturated rings. The Hall–Kier alpha value is -1.30. The molecule has 2 N–H and O–H groups in total. The third kappa shape index (κ3) is 2.36. The summed E-state index contributed by atoms with van der Waals surface area (Å²) in [5.41, 5.74) is 0.923. The number of carbonyl (C=O) groups is 1. The second-order valence-electron chi connectivity index (χ2n) is 3.39. The predicted octanol–water partition coefficient (Wildman–Crippen LogP) is 2.56. The molecule has 0 aliphatic rings. The lowest BCUT2D eigenvalue weighted by Crippen LogP contribution is -2.11. The van der Waals surface area contributed by atoms with Crippen LogP contribution in [-0.4, -0.2) is 27.4 Å². The fourth-order valence-corrected chi connectivity index (χ4v) is 2.74. The van der Waals surface area contributed by atoms with Gasteiger partial charge in [-0.3, -0.25) is 0 Å². The van der Waals surface area contributed by atoms with Crippen molar-refractivity contribution in [1.82, 2.24) is 4.57 Å². The third-order valence-corrected chi connectivity index (χ3v) is 3.60. The highest BCUT2D eigenvalue weighted by atomic mass is 35.5. The highest BCUT2D eigenvalue weighted by molar-refractivity contribution is 7.19. The molecule has 0 amide bonds. The van der Waals surface area contributed by atoms with Crippen LogP contribution in [0.5, 0.6) is 0 Å². The van der Waals surface area contributed by atoms with Crippen molar-refractivity contribution in [2.45, 2.75) is 6.54 Å². The minimum atomic E-state index is -1.01. The van der Waals surface area contributed by atoms with Crippen LogP contribution in [0.3, 0.4) is 0 Å². The Morgan fingerprint density at radius 3 is 2.65 bits per heavy atom. The zero-order valence-electron chi connectivity index (χ0n) is 8.76. The molecular weight excluding hydrogens is 262 g/mol. The number of hydrogen-bond donors (Lipinski definition) is 2. The van der Waals surface area contributed by atoms with Gasteiger partial charge < -0.3 is 14.8 Å². The average Bonchev–Trinajstić information content (AvgIpc) is 2.85. The molecule has 4 nitrogen and oxygen atoms in total. The van der Waals surface area contributed by atoms with Crippen molar-refractivity contribution < 1.29 is 15.0 Å². The molecule has 0 aliphatic heterocycles. The summed E-state index contributed by atoms with van der Waals surface area (Å²) in [6, 6.07) is 6.85. The molecule has 0 unspecified atom stereocenters. The highest BCUT2D eigenvalue weighted by Gasteiger charge is 2.15. The summed E-state index contributed by atoms with van der Waals surface area (Å²) in [6.07, 6.45) is 0. The van der Waals surface area contributed by atoms with Crippen molar-refractivity contribution in [2.24, 2.45) is 0 Å². The van der Waals surface area contributed by atoms with E-state index in [1.54, 1.807) is 16.7 Å². The number of carboxylic acid groups (broad SMARTS) is 1. The molecule has 2 rings (SSSR count). The maximum absolute atomic E-state index is 11.0. The van der Waals surface area contributed by atoms with Crippen LogP contribution in [0.1, 0.15) is 10.5 Å².